The van der Waals surface area contributed by atoms with E-state index in [0.29, 0.717) is 31.8 Å². The Hall–Kier alpha value is -2.85. The normalized spacial score (nSPS) is 19.7. The van der Waals surface area contributed by atoms with Crippen LogP contribution >= 0.6 is 0 Å². The van der Waals surface area contributed by atoms with Crippen LogP contribution in [0.4, 0.5) is 9.59 Å². The molecule has 1 saturated heterocycles. The largest absolute Gasteiger partial charge is 0.445 e. The van der Waals surface area contributed by atoms with E-state index in [0.717, 1.165) is 24.9 Å². The van der Waals surface area contributed by atoms with E-state index < -0.39 is 36.0 Å². The maximum Gasteiger partial charge on any atom is 0.408 e. The number of amides is 3. The minimum Gasteiger partial charge on any atom is -0.445 e. The van der Waals surface area contributed by atoms with E-state index in [2.05, 4.69) is 34.7 Å². The standard InChI is InChI=1S/C31H52N4O6/c1-21(2)16-24(32-29(38)40-20-23-12-9-8-10-13-23)18-35-15-11-14-25(27(36)19-35)33-28(37)26(17-22(3)4)34-30(39)41-31(5,6)7/h8-10,12-13,21-22,24-27,36H,11,14-20H2,1-7H3,(H,32,38)(H,33,37)(H,34,39)/t24-,25?,26+,27?/m1/s1. The number of aliphatic hydroxyl groups is 1. The van der Waals surface area contributed by atoms with Crippen molar-refractivity contribution in [2.45, 2.75) is 111 Å². The average molecular weight is 577 g/mol. The van der Waals surface area contributed by atoms with Gasteiger partial charge in [0.15, 0.2) is 0 Å². The van der Waals surface area contributed by atoms with Crippen LogP contribution < -0.4 is 16.0 Å². The molecule has 4 atom stereocenters. The lowest BCUT2D eigenvalue weighted by Crippen LogP contribution is -2.54. The van der Waals surface area contributed by atoms with Crippen LogP contribution in [-0.2, 0) is 20.9 Å². The van der Waals surface area contributed by atoms with Crippen LogP contribution in [0.5, 0.6) is 0 Å². The van der Waals surface area contributed by atoms with Gasteiger partial charge in [0.05, 0.1) is 12.1 Å². The van der Waals surface area contributed by atoms with E-state index in [9.17, 15) is 19.5 Å². The number of nitrogens with zero attached hydrogens (tertiary/aromatic N) is 1. The Kier molecular flexibility index (Phi) is 13.9. The number of hydrogen-bond donors (Lipinski definition) is 4. The monoisotopic (exact) mass is 576 g/mol. The zero-order chi connectivity index (χ0) is 30.6. The summed E-state index contributed by atoms with van der Waals surface area (Å²) >= 11 is 0. The van der Waals surface area contributed by atoms with Crippen LogP contribution in [0.25, 0.3) is 0 Å². The highest BCUT2D eigenvalue weighted by molar-refractivity contribution is 5.86. The van der Waals surface area contributed by atoms with Crippen molar-refractivity contribution in [1.29, 1.82) is 0 Å². The fourth-order valence-electron chi connectivity index (χ4n) is 4.97. The van der Waals surface area contributed by atoms with Gasteiger partial charge in [0, 0.05) is 19.1 Å². The van der Waals surface area contributed by atoms with Gasteiger partial charge in [0.25, 0.3) is 0 Å². The van der Waals surface area contributed by atoms with Crippen molar-refractivity contribution >= 4 is 18.1 Å². The lowest BCUT2D eigenvalue weighted by atomic mass is 10.0. The highest BCUT2D eigenvalue weighted by Crippen LogP contribution is 2.16. The van der Waals surface area contributed by atoms with Crippen molar-refractivity contribution < 1.29 is 29.0 Å². The van der Waals surface area contributed by atoms with Crippen molar-refractivity contribution in [3.05, 3.63) is 35.9 Å². The van der Waals surface area contributed by atoms with Crippen molar-refractivity contribution in [2.75, 3.05) is 19.6 Å². The number of rotatable bonds is 12. The summed E-state index contributed by atoms with van der Waals surface area (Å²) < 4.78 is 10.8. The van der Waals surface area contributed by atoms with Crippen LogP contribution in [-0.4, -0.2) is 77.6 Å². The van der Waals surface area contributed by atoms with Gasteiger partial charge >= 0.3 is 12.2 Å². The Labute approximate surface area is 245 Å². The molecule has 0 spiro atoms. The Morgan fingerprint density at radius 3 is 2.27 bits per heavy atom. The van der Waals surface area contributed by atoms with Crippen LogP contribution in [0, 0.1) is 11.8 Å². The molecule has 2 unspecified atom stereocenters. The molecule has 1 aliphatic rings. The zero-order valence-electron chi connectivity index (χ0n) is 25.9. The number of hydrogen-bond acceptors (Lipinski definition) is 7. The number of likely N-dealkylation sites (tertiary alicyclic amines) is 1. The summed E-state index contributed by atoms with van der Waals surface area (Å²) in [5.74, 6) is 0.191. The Morgan fingerprint density at radius 1 is 1.00 bits per heavy atom. The summed E-state index contributed by atoms with van der Waals surface area (Å²) in [6.07, 6.45) is 0.677. The van der Waals surface area contributed by atoms with Crippen molar-refractivity contribution in [3.8, 4) is 0 Å². The molecule has 1 aromatic rings. The van der Waals surface area contributed by atoms with Crippen molar-refractivity contribution in [2.24, 2.45) is 11.8 Å². The second-order valence-corrected chi connectivity index (χ2v) is 12.9. The van der Waals surface area contributed by atoms with Gasteiger partial charge < -0.3 is 30.5 Å². The van der Waals surface area contributed by atoms with Crippen LogP contribution in [0.2, 0.25) is 0 Å². The zero-order valence-corrected chi connectivity index (χ0v) is 25.9. The molecule has 232 valence electrons. The highest BCUT2D eigenvalue weighted by atomic mass is 16.6. The van der Waals surface area contributed by atoms with Gasteiger partial charge in [-0.25, -0.2) is 9.59 Å². The Morgan fingerprint density at radius 2 is 1.66 bits per heavy atom. The predicted molar refractivity (Wildman–Crippen MR) is 159 cm³/mol. The molecule has 0 saturated carbocycles. The Balaban J connectivity index is 1.95. The summed E-state index contributed by atoms with van der Waals surface area (Å²) in [5.41, 5.74) is 0.244. The fourth-order valence-corrected chi connectivity index (χ4v) is 4.97. The SMILES string of the molecule is CC(C)C[C@H](CN1CCCC(NC(=O)[C@H](CC(C)C)NC(=O)OC(C)(C)C)C(O)C1)NC(=O)OCc1ccccc1. The summed E-state index contributed by atoms with van der Waals surface area (Å²) in [6, 6.07) is 8.18. The minimum absolute atomic E-state index is 0.148. The molecule has 10 heteroatoms. The molecule has 4 N–H and O–H groups in total. The van der Waals surface area contributed by atoms with E-state index in [4.69, 9.17) is 9.47 Å². The molecule has 2 rings (SSSR count). The van der Waals surface area contributed by atoms with Gasteiger partial charge in [-0.05, 0) is 70.4 Å². The number of carbonyl (C=O) groups excluding carboxylic acids is 3. The van der Waals surface area contributed by atoms with E-state index >= 15 is 0 Å². The average Bonchev–Trinajstić information content (AvgIpc) is 3.01. The van der Waals surface area contributed by atoms with Crippen LogP contribution in [0.1, 0.15) is 79.7 Å². The number of nitrogens with one attached hydrogen (secondary N) is 3. The van der Waals surface area contributed by atoms with E-state index in [1.165, 1.54) is 0 Å². The number of carbonyl (C=O) groups is 3. The molecular weight excluding hydrogens is 524 g/mol. The lowest BCUT2D eigenvalue weighted by Gasteiger charge is -2.30. The lowest BCUT2D eigenvalue weighted by molar-refractivity contribution is -0.125. The topological polar surface area (TPSA) is 129 Å². The van der Waals surface area contributed by atoms with Crippen LogP contribution in [0.3, 0.4) is 0 Å². The summed E-state index contributed by atoms with van der Waals surface area (Å²) in [7, 11) is 0. The van der Waals surface area contributed by atoms with Gasteiger partial charge in [-0.2, -0.15) is 0 Å². The number of ether oxygens (including phenoxy) is 2. The summed E-state index contributed by atoms with van der Waals surface area (Å²) in [6.45, 7) is 15.3. The molecule has 1 aliphatic heterocycles. The molecule has 10 nitrogen and oxygen atoms in total. The second kappa shape index (κ2) is 16.6. The first-order valence-corrected chi connectivity index (χ1v) is 14.9. The first-order valence-electron chi connectivity index (χ1n) is 14.9. The van der Waals surface area contributed by atoms with Crippen molar-refractivity contribution in [3.63, 3.8) is 0 Å². The van der Waals surface area contributed by atoms with Gasteiger partial charge in [-0.3, -0.25) is 9.69 Å². The molecule has 1 fully saturated rings. The number of alkyl carbamates (subject to hydrolysis) is 2. The first-order chi connectivity index (χ1) is 19.2. The second-order valence-electron chi connectivity index (χ2n) is 12.9. The van der Waals surface area contributed by atoms with Crippen LogP contribution in [0.15, 0.2) is 30.3 Å². The third-order valence-corrected chi connectivity index (χ3v) is 6.71. The van der Waals surface area contributed by atoms with E-state index in [-0.39, 0.29) is 24.5 Å². The molecule has 0 aromatic heterocycles. The van der Waals surface area contributed by atoms with Gasteiger partial charge in [0.1, 0.15) is 18.2 Å². The molecule has 41 heavy (non-hydrogen) atoms. The Bertz CT molecular complexity index is 950. The fraction of sp³-hybridized carbons (Fsp3) is 0.710. The van der Waals surface area contributed by atoms with Gasteiger partial charge in [-0.1, -0.05) is 58.0 Å². The molecule has 0 bridgehead atoms. The summed E-state index contributed by atoms with van der Waals surface area (Å²) in [5, 5.41) is 19.8. The van der Waals surface area contributed by atoms with Gasteiger partial charge in [0.2, 0.25) is 5.91 Å². The molecule has 1 aromatic carbocycles. The third kappa shape index (κ3) is 14.1. The summed E-state index contributed by atoms with van der Waals surface area (Å²) in [4.78, 5) is 40.3. The molecule has 3 amide bonds. The molecule has 0 radical (unpaired) electrons. The number of β-amino-alcohol motifs (C(OH)–C–C–N with tert-alkyl or cyclic N) is 1. The third-order valence-electron chi connectivity index (χ3n) is 6.71. The van der Waals surface area contributed by atoms with Crippen molar-refractivity contribution in [1.82, 2.24) is 20.9 Å². The maximum atomic E-state index is 13.2. The maximum absolute atomic E-state index is 13.2. The molecular formula is C31H52N4O6. The molecule has 0 aliphatic carbocycles. The van der Waals surface area contributed by atoms with E-state index in [1.54, 1.807) is 20.8 Å². The smallest absolute Gasteiger partial charge is 0.408 e. The van der Waals surface area contributed by atoms with Gasteiger partial charge in [-0.15, -0.1) is 0 Å². The quantitative estimate of drug-likeness (QED) is 0.293. The minimum atomic E-state index is -0.799. The van der Waals surface area contributed by atoms with E-state index in [1.807, 2.05) is 44.2 Å². The first kappa shape index (κ1) is 34.4. The molecule has 1 heterocycles. The highest BCUT2D eigenvalue weighted by Gasteiger charge is 2.32. The number of aliphatic hydroxyl groups excluding tert-OH is 1. The predicted octanol–water partition coefficient (Wildman–Crippen LogP) is 4.21. The number of benzene rings is 1.